The molecular weight excluding hydrogens is 513 g/mol. The highest BCUT2D eigenvalue weighted by Gasteiger charge is 2.35. The number of rotatable bonds is 5. The van der Waals surface area contributed by atoms with Crippen LogP contribution in [0.5, 0.6) is 0 Å². The Labute approximate surface area is 217 Å². The number of anilines is 2. The van der Waals surface area contributed by atoms with Crippen LogP contribution >= 0.6 is 12.2 Å². The number of sulfonamides is 1. The molecule has 1 heterocycles. The third-order valence-corrected chi connectivity index (χ3v) is 6.95. The maximum atomic E-state index is 14.1. The summed E-state index contributed by atoms with van der Waals surface area (Å²) in [6, 6.07) is 23.6. The largest absolute Gasteiger partial charge is 0.331 e. The molecule has 0 spiro atoms. The number of nitrogens with zero attached hydrogens (tertiary/aromatic N) is 2. The molecule has 5 rings (SSSR count). The number of hydrazone groups is 1. The van der Waals surface area contributed by atoms with Crippen molar-refractivity contribution in [1.82, 2.24) is 5.43 Å². The number of primary sulfonamides is 1. The first-order chi connectivity index (χ1) is 17.7. The minimum atomic E-state index is -3.89. The normalized spacial score (nSPS) is 14.2. The second kappa shape index (κ2) is 9.69. The van der Waals surface area contributed by atoms with E-state index in [1.165, 1.54) is 30.3 Å². The summed E-state index contributed by atoms with van der Waals surface area (Å²) in [4.78, 5) is 14.9. The lowest BCUT2D eigenvalue weighted by Crippen LogP contribution is -2.32. The molecule has 1 amide bonds. The molecule has 0 fully saturated rings. The monoisotopic (exact) mass is 533 g/mol. The van der Waals surface area contributed by atoms with Gasteiger partial charge < -0.3 is 10.2 Å². The van der Waals surface area contributed by atoms with Gasteiger partial charge in [-0.1, -0.05) is 48.5 Å². The summed E-state index contributed by atoms with van der Waals surface area (Å²) in [5.74, 6) is -0.924. The number of carbonyl (C=O) groups is 1. The molecule has 37 heavy (non-hydrogen) atoms. The maximum Gasteiger partial charge on any atom is 0.279 e. The van der Waals surface area contributed by atoms with Crippen LogP contribution in [-0.2, 0) is 21.4 Å². The molecule has 8 nitrogen and oxygen atoms in total. The standard InChI is InChI=1S/C26H20FN5O3S2/c27-18-11-12-23-22(13-18)24(30-31-26(36)29-19-8-4-9-20(14-19)37(28,34)35)25(33)32(23)15-17-7-3-6-16-5-1-2-10-21(16)17/h1-14H,15H2,(H2,28,34,35)(H2,29,31,36). The van der Waals surface area contributed by atoms with Gasteiger partial charge in [0.05, 0.1) is 17.1 Å². The third-order valence-electron chi connectivity index (χ3n) is 5.85. The Hall–Kier alpha value is -4.19. The zero-order valence-corrected chi connectivity index (χ0v) is 20.8. The number of amides is 1. The minimum absolute atomic E-state index is 0.00248. The molecule has 4 aromatic carbocycles. The number of nitrogens with one attached hydrogen (secondary N) is 2. The summed E-state index contributed by atoms with van der Waals surface area (Å²) in [7, 11) is -3.89. The van der Waals surface area contributed by atoms with Crippen molar-refractivity contribution in [3.63, 3.8) is 0 Å². The van der Waals surface area contributed by atoms with Gasteiger partial charge in [0.25, 0.3) is 5.91 Å². The number of nitrogens with two attached hydrogens (primary N) is 1. The molecule has 0 saturated heterocycles. The van der Waals surface area contributed by atoms with Crippen LogP contribution in [0.4, 0.5) is 15.8 Å². The van der Waals surface area contributed by atoms with E-state index in [0.29, 0.717) is 16.9 Å². The Balaban J connectivity index is 1.41. The van der Waals surface area contributed by atoms with E-state index in [0.717, 1.165) is 16.3 Å². The molecule has 11 heteroatoms. The second-order valence-electron chi connectivity index (χ2n) is 8.29. The average molecular weight is 534 g/mol. The van der Waals surface area contributed by atoms with Gasteiger partial charge in [-0.15, -0.1) is 0 Å². The van der Waals surface area contributed by atoms with Gasteiger partial charge in [0.1, 0.15) is 5.82 Å². The van der Waals surface area contributed by atoms with E-state index in [2.05, 4.69) is 15.8 Å². The van der Waals surface area contributed by atoms with E-state index in [9.17, 15) is 17.6 Å². The highest BCUT2D eigenvalue weighted by atomic mass is 32.2. The van der Waals surface area contributed by atoms with Gasteiger partial charge in [-0.3, -0.25) is 10.2 Å². The molecule has 4 aromatic rings. The Morgan fingerprint density at radius 2 is 1.76 bits per heavy atom. The molecular formula is C26H20FN5O3S2. The van der Waals surface area contributed by atoms with Crippen LogP contribution in [0.15, 0.2) is 94.9 Å². The van der Waals surface area contributed by atoms with Gasteiger partial charge >= 0.3 is 0 Å². The van der Waals surface area contributed by atoms with Gasteiger partial charge in [0.2, 0.25) is 10.0 Å². The van der Waals surface area contributed by atoms with Gasteiger partial charge in [-0.2, -0.15) is 5.10 Å². The molecule has 0 aromatic heterocycles. The van der Waals surface area contributed by atoms with Crippen molar-refractivity contribution in [2.24, 2.45) is 10.2 Å². The third kappa shape index (κ3) is 5.05. The highest BCUT2D eigenvalue weighted by Crippen LogP contribution is 2.32. The average Bonchev–Trinajstić information content (AvgIpc) is 3.12. The maximum absolute atomic E-state index is 14.1. The van der Waals surface area contributed by atoms with E-state index in [1.807, 2.05) is 42.5 Å². The summed E-state index contributed by atoms with van der Waals surface area (Å²) >= 11 is 5.25. The first-order valence-electron chi connectivity index (χ1n) is 11.1. The number of hydrogen-bond acceptors (Lipinski definition) is 5. The van der Waals surface area contributed by atoms with Gasteiger partial charge in [-0.25, -0.2) is 17.9 Å². The van der Waals surface area contributed by atoms with Crippen LogP contribution in [0.1, 0.15) is 11.1 Å². The predicted molar refractivity (Wildman–Crippen MR) is 145 cm³/mol. The fourth-order valence-corrected chi connectivity index (χ4v) is 4.89. The number of halogens is 1. The van der Waals surface area contributed by atoms with Crippen molar-refractivity contribution in [3.8, 4) is 0 Å². The first-order valence-corrected chi connectivity index (χ1v) is 13.0. The zero-order valence-electron chi connectivity index (χ0n) is 19.2. The summed E-state index contributed by atoms with van der Waals surface area (Å²) in [6.07, 6.45) is 0. The molecule has 1 aliphatic rings. The van der Waals surface area contributed by atoms with Gasteiger partial charge in [-0.05, 0) is 65.0 Å². The molecule has 0 bridgehead atoms. The van der Waals surface area contributed by atoms with Crippen LogP contribution in [0.25, 0.3) is 10.8 Å². The summed E-state index contributed by atoms with van der Waals surface area (Å²) in [5.41, 5.74) is 4.73. The van der Waals surface area contributed by atoms with Crippen LogP contribution in [0.3, 0.4) is 0 Å². The van der Waals surface area contributed by atoms with Crippen LogP contribution in [-0.4, -0.2) is 25.1 Å². The minimum Gasteiger partial charge on any atom is -0.331 e. The molecule has 0 saturated carbocycles. The fourth-order valence-electron chi connectivity index (χ4n) is 4.17. The van der Waals surface area contributed by atoms with Crippen molar-refractivity contribution in [2.75, 3.05) is 10.2 Å². The van der Waals surface area contributed by atoms with Crippen molar-refractivity contribution in [3.05, 3.63) is 102 Å². The summed E-state index contributed by atoms with van der Waals surface area (Å²) in [5, 5.41) is 14.2. The smallest absolute Gasteiger partial charge is 0.279 e. The molecule has 4 N–H and O–H groups in total. The molecule has 0 radical (unpaired) electrons. The Kier molecular flexibility index (Phi) is 6.42. The summed E-state index contributed by atoms with van der Waals surface area (Å²) in [6.45, 7) is 0.265. The number of benzene rings is 4. The second-order valence-corrected chi connectivity index (χ2v) is 10.3. The van der Waals surface area contributed by atoms with Crippen molar-refractivity contribution < 1.29 is 17.6 Å². The number of carbonyl (C=O) groups excluding carboxylic acids is 1. The number of thiocarbonyl (C=S) groups is 1. The van der Waals surface area contributed by atoms with Crippen molar-refractivity contribution in [1.29, 1.82) is 0 Å². The Morgan fingerprint density at radius 3 is 2.57 bits per heavy atom. The van der Waals surface area contributed by atoms with E-state index in [4.69, 9.17) is 17.4 Å². The lowest BCUT2D eigenvalue weighted by molar-refractivity contribution is -0.112. The SMILES string of the molecule is NS(=O)(=O)c1cccc(NC(=S)NN=C2C(=O)N(Cc3cccc4ccccc34)c3ccc(F)cc32)c1. The Morgan fingerprint density at radius 1 is 1.00 bits per heavy atom. The Bertz CT molecular complexity index is 1700. The van der Waals surface area contributed by atoms with E-state index < -0.39 is 21.7 Å². The van der Waals surface area contributed by atoms with Crippen molar-refractivity contribution >= 4 is 61.1 Å². The molecule has 0 aliphatic carbocycles. The summed E-state index contributed by atoms with van der Waals surface area (Å²) < 4.78 is 37.3. The molecule has 0 atom stereocenters. The van der Waals surface area contributed by atoms with Gasteiger partial charge in [0, 0.05) is 11.3 Å². The molecule has 0 unspecified atom stereocenters. The lowest BCUT2D eigenvalue weighted by Gasteiger charge is -2.18. The van der Waals surface area contributed by atoms with Crippen molar-refractivity contribution in [2.45, 2.75) is 11.4 Å². The predicted octanol–water partition coefficient (Wildman–Crippen LogP) is 3.86. The van der Waals surface area contributed by atoms with E-state index in [1.54, 1.807) is 17.0 Å². The number of hydrogen-bond donors (Lipinski definition) is 3. The highest BCUT2D eigenvalue weighted by molar-refractivity contribution is 7.89. The number of fused-ring (bicyclic) bond motifs is 2. The quantitative estimate of drug-likeness (QED) is 0.265. The van der Waals surface area contributed by atoms with Crippen LogP contribution in [0, 0.1) is 5.82 Å². The first kappa shape index (κ1) is 24.5. The molecule has 186 valence electrons. The fraction of sp³-hybridized carbons (Fsp3) is 0.0385. The lowest BCUT2D eigenvalue weighted by atomic mass is 10.0. The van der Waals surface area contributed by atoms with Gasteiger partial charge in [0.15, 0.2) is 10.8 Å². The topological polar surface area (TPSA) is 117 Å². The molecule has 1 aliphatic heterocycles. The van der Waals surface area contributed by atoms with Crippen LogP contribution in [0.2, 0.25) is 0 Å². The van der Waals surface area contributed by atoms with Crippen LogP contribution < -0.4 is 20.8 Å². The van der Waals surface area contributed by atoms with E-state index in [-0.39, 0.29) is 22.3 Å². The zero-order chi connectivity index (χ0) is 26.2. The van der Waals surface area contributed by atoms with E-state index >= 15 is 0 Å².